The highest BCUT2D eigenvalue weighted by Gasteiger charge is 2.28. The first-order valence-electron chi connectivity index (χ1n) is 7.96. The molecule has 0 bridgehead atoms. The number of ether oxygens (including phenoxy) is 1. The number of nitrogens with zero attached hydrogens (tertiary/aromatic N) is 2. The lowest BCUT2D eigenvalue weighted by molar-refractivity contribution is 0.0356. The molecule has 0 radical (unpaired) electrons. The quantitative estimate of drug-likeness (QED) is 0.747. The molecule has 3 rings (SSSR count). The largest absolute Gasteiger partial charge is 0.381 e. The van der Waals surface area contributed by atoms with Crippen molar-refractivity contribution >= 4 is 0 Å². The van der Waals surface area contributed by atoms with Gasteiger partial charge in [-0.1, -0.05) is 6.42 Å². The van der Waals surface area contributed by atoms with Gasteiger partial charge in [0.2, 0.25) is 0 Å². The Bertz CT molecular complexity index is 253. The normalized spacial score (nSPS) is 36.0. The van der Waals surface area contributed by atoms with Gasteiger partial charge in [0.05, 0.1) is 6.61 Å². The van der Waals surface area contributed by atoms with Gasteiger partial charge < -0.3 is 9.64 Å². The predicted octanol–water partition coefficient (Wildman–Crippen LogP) is 1.97. The molecule has 3 heterocycles. The van der Waals surface area contributed by atoms with Crippen molar-refractivity contribution in [3.63, 3.8) is 0 Å². The summed E-state index contributed by atoms with van der Waals surface area (Å²) < 4.78 is 5.62. The predicted molar refractivity (Wildman–Crippen MR) is 73.8 cm³/mol. The van der Waals surface area contributed by atoms with E-state index in [1.54, 1.807) is 0 Å². The molecule has 0 amide bonds. The van der Waals surface area contributed by atoms with E-state index in [-0.39, 0.29) is 0 Å². The van der Waals surface area contributed by atoms with Crippen molar-refractivity contribution in [3.05, 3.63) is 0 Å². The van der Waals surface area contributed by atoms with Crippen molar-refractivity contribution in [1.29, 1.82) is 0 Å². The van der Waals surface area contributed by atoms with Gasteiger partial charge in [0.1, 0.15) is 0 Å². The first-order chi connectivity index (χ1) is 8.92. The summed E-state index contributed by atoms with van der Waals surface area (Å²) in [6.45, 7) is 8.59. The molecule has 3 heteroatoms. The Labute approximate surface area is 111 Å². The minimum absolute atomic E-state index is 0.800. The molecular weight excluding hydrogens is 224 g/mol. The lowest BCUT2D eigenvalue weighted by Crippen LogP contribution is -2.45. The van der Waals surface area contributed by atoms with Gasteiger partial charge in [-0.15, -0.1) is 0 Å². The molecule has 0 N–H and O–H groups in total. The summed E-state index contributed by atoms with van der Waals surface area (Å²) in [6, 6.07) is 0.853. The minimum atomic E-state index is 0.800. The van der Waals surface area contributed by atoms with Crippen molar-refractivity contribution in [2.75, 3.05) is 45.9 Å². The zero-order valence-electron chi connectivity index (χ0n) is 11.6. The topological polar surface area (TPSA) is 15.7 Å². The first-order valence-corrected chi connectivity index (χ1v) is 7.96. The van der Waals surface area contributed by atoms with Gasteiger partial charge in [-0.2, -0.15) is 0 Å². The molecule has 3 saturated heterocycles. The van der Waals surface area contributed by atoms with E-state index in [0.29, 0.717) is 0 Å². The van der Waals surface area contributed by atoms with Gasteiger partial charge in [-0.3, -0.25) is 4.90 Å². The Morgan fingerprint density at radius 2 is 1.89 bits per heavy atom. The van der Waals surface area contributed by atoms with Gasteiger partial charge in [0, 0.05) is 25.7 Å². The van der Waals surface area contributed by atoms with Gasteiger partial charge in [0.15, 0.2) is 0 Å². The number of hydrogen-bond donors (Lipinski definition) is 0. The highest BCUT2D eigenvalue weighted by molar-refractivity contribution is 4.84. The van der Waals surface area contributed by atoms with Crippen LogP contribution < -0.4 is 0 Å². The van der Waals surface area contributed by atoms with E-state index < -0.39 is 0 Å². The molecule has 3 nitrogen and oxygen atoms in total. The van der Waals surface area contributed by atoms with Crippen LogP contribution in [0.4, 0.5) is 0 Å². The van der Waals surface area contributed by atoms with Gasteiger partial charge in [-0.05, 0) is 57.7 Å². The number of rotatable bonds is 2. The number of fused-ring (bicyclic) bond motifs is 1. The standard InChI is InChI=1S/C15H28N2O/c1-2-8-17-9-4-7-16(12-15(17)6-1)11-14-5-3-10-18-13-14/h14-15H,1-13H2. The summed E-state index contributed by atoms with van der Waals surface area (Å²) in [7, 11) is 0. The Balaban J connectivity index is 1.52. The Morgan fingerprint density at radius 1 is 0.944 bits per heavy atom. The molecule has 104 valence electrons. The Kier molecular flexibility index (Phi) is 4.55. The van der Waals surface area contributed by atoms with Gasteiger partial charge >= 0.3 is 0 Å². The van der Waals surface area contributed by atoms with Crippen LogP contribution in [0, 0.1) is 5.92 Å². The molecule has 3 aliphatic heterocycles. The van der Waals surface area contributed by atoms with Crippen LogP contribution in [0.3, 0.4) is 0 Å². The second-order valence-electron chi connectivity index (χ2n) is 6.38. The van der Waals surface area contributed by atoms with Crippen molar-refractivity contribution in [3.8, 4) is 0 Å². The Morgan fingerprint density at radius 3 is 2.78 bits per heavy atom. The monoisotopic (exact) mass is 252 g/mol. The number of piperidine rings is 1. The zero-order valence-corrected chi connectivity index (χ0v) is 11.6. The van der Waals surface area contributed by atoms with Crippen LogP contribution in [0.1, 0.15) is 38.5 Å². The second kappa shape index (κ2) is 6.36. The van der Waals surface area contributed by atoms with E-state index in [2.05, 4.69) is 9.80 Å². The maximum Gasteiger partial charge on any atom is 0.0506 e. The summed E-state index contributed by atoms with van der Waals surface area (Å²) in [5, 5.41) is 0. The van der Waals surface area contributed by atoms with E-state index in [4.69, 9.17) is 4.74 Å². The highest BCUT2D eigenvalue weighted by Crippen LogP contribution is 2.22. The molecule has 0 aromatic rings. The third-order valence-electron chi connectivity index (χ3n) is 4.91. The molecule has 0 aromatic heterocycles. The van der Waals surface area contributed by atoms with Crippen LogP contribution in [-0.2, 0) is 4.74 Å². The van der Waals surface area contributed by atoms with E-state index >= 15 is 0 Å². The SMILES string of the molecule is C1COCC(CN2CCCN3CCCCC3C2)C1. The molecule has 0 spiro atoms. The molecule has 2 atom stereocenters. The fraction of sp³-hybridized carbons (Fsp3) is 1.00. The van der Waals surface area contributed by atoms with Crippen LogP contribution in [0.5, 0.6) is 0 Å². The zero-order chi connectivity index (χ0) is 12.2. The van der Waals surface area contributed by atoms with E-state index in [1.165, 1.54) is 71.2 Å². The minimum Gasteiger partial charge on any atom is -0.381 e. The van der Waals surface area contributed by atoms with E-state index in [1.807, 2.05) is 0 Å². The maximum atomic E-state index is 5.62. The van der Waals surface area contributed by atoms with Gasteiger partial charge in [0.25, 0.3) is 0 Å². The molecule has 18 heavy (non-hydrogen) atoms. The van der Waals surface area contributed by atoms with Crippen molar-refractivity contribution in [2.45, 2.75) is 44.6 Å². The second-order valence-corrected chi connectivity index (χ2v) is 6.38. The molecule has 0 aliphatic carbocycles. The lowest BCUT2D eigenvalue weighted by Gasteiger charge is -2.36. The lowest BCUT2D eigenvalue weighted by atomic mass is 10.00. The summed E-state index contributed by atoms with van der Waals surface area (Å²) in [5.74, 6) is 0.800. The first kappa shape index (κ1) is 12.9. The average molecular weight is 252 g/mol. The molecule has 0 aromatic carbocycles. The third-order valence-corrected chi connectivity index (χ3v) is 4.91. The summed E-state index contributed by atoms with van der Waals surface area (Å²) in [6.07, 6.45) is 8.31. The van der Waals surface area contributed by atoms with Crippen LogP contribution in [0.25, 0.3) is 0 Å². The highest BCUT2D eigenvalue weighted by atomic mass is 16.5. The van der Waals surface area contributed by atoms with E-state index in [0.717, 1.165) is 25.2 Å². The fourth-order valence-electron chi connectivity index (χ4n) is 3.93. The number of hydrogen-bond acceptors (Lipinski definition) is 3. The third kappa shape index (κ3) is 3.25. The summed E-state index contributed by atoms with van der Waals surface area (Å²) >= 11 is 0. The van der Waals surface area contributed by atoms with Crippen molar-refractivity contribution in [2.24, 2.45) is 5.92 Å². The molecule has 3 fully saturated rings. The molecule has 0 saturated carbocycles. The van der Waals surface area contributed by atoms with Crippen LogP contribution in [0.2, 0.25) is 0 Å². The Hall–Kier alpha value is -0.120. The smallest absolute Gasteiger partial charge is 0.0506 e. The molecule has 3 aliphatic rings. The van der Waals surface area contributed by atoms with Crippen LogP contribution in [-0.4, -0.2) is 61.8 Å². The fourth-order valence-corrected chi connectivity index (χ4v) is 3.93. The van der Waals surface area contributed by atoms with Gasteiger partial charge in [-0.25, -0.2) is 0 Å². The van der Waals surface area contributed by atoms with Crippen LogP contribution >= 0.6 is 0 Å². The summed E-state index contributed by atoms with van der Waals surface area (Å²) in [4.78, 5) is 5.48. The van der Waals surface area contributed by atoms with Crippen molar-refractivity contribution < 1.29 is 4.74 Å². The molecule has 2 unspecified atom stereocenters. The summed E-state index contributed by atoms with van der Waals surface area (Å²) in [5.41, 5.74) is 0. The van der Waals surface area contributed by atoms with E-state index in [9.17, 15) is 0 Å². The molecular formula is C15H28N2O. The average Bonchev–Trinajstić information content (AvgIpc) is 2.61. The maximum absolute atomic E-state index is 5.62. The van der Waals surface area contributed by atoms with Crippen molar-refractivity contribution in [1.82, 2.24) is 9.80 Å². The van der Waals surface area contributed by atoms with Crippen LogP contribution in [0.15, 0.2) is 0 Å².